The highest BCUT2D eigenvalue weighted by molar-refractivity contribution is 9.10. The fourth-order valence-electron chi connectivity index (χ4n) is 2.39. The van der Waals surface area contributed by atoms with Gasteiger partial charge in [-0.3, -0.25) is 0 Å². The number of aliphatic hydroxyl groups is 1. The Hall–Kier alpha value is -1.56. The molecular weight excluding hydrogens is 370 g/mol. The number of benzene rings is 2. The van der Waals surface area contributed by atoms with Crippen LogP contribution in [0.3, 0.4) is 0 Å². The minimum atomic E-state index is -0.529. The van der Waals surface area contributed by atoms with E-state index < -0.39 is 6.10 Å². The van der Waals surface area contributed by atoms with Crippen molar-refractivity contribution in [2.45, 2.75) is 26.5 Å². The summed E-state index contributed by atoms with van der Waals surface area (Å²) in [4.78, 5) is 0. The zero-order valence-corrected chi connectivity index (χ0v) is 15.7. The van der Waals surface area contributed by atoms with Gasteiger partial charge in [-0.05, 0) is 37.1 Å². The number of halogens is 1. The minimum Gasteiger partial charge on any atom is -0.490 e. The third-order valence-electron chi connectivity index (χ3n) is 3.55. The number of hydrogen-bond donors (Lipinski definition) is 2. The van der Waals surface area contributed by atoms with Crippen LogP contribution in [0, 0.1) is 0 Å². The zero-order valence-electron chi connectivity index (χ0n) is 14.1. The van der Waals surface area contributed by atoms with Crippen LogP contribution in [0.25, 0.3) is 0 Å². The van der Waals surface area contributed by atoms with Gasteiger partial charge >= 0.3 is 0 Å². The summed E-state index contributed by atoms with van der Waals surface area (Å²) in [5.41, 5.74) is 1.97. The number of nitrogens with one attached hydrogen (secondary N) is 1. The summed E-state index contributed by atoms with van der Waals surface area (Å²) in [5.74, 6) is 1.47. The van der Waals surface area contributed by atoms with Crippen molar-refractivity contribution < 1.29 is 14.6 Å². The lowest BCUT2D eigenvalue weighted by molar-refractivity contribution is 0.174. The van der Waals surface area contributed by atoms with Gasteiger partial charge in [0.25, 0.3) is 0 Å². The van der Waals surface area contributed by atoms with E-state index in [1.807, 2.05) is 56.3 Å². The Balaban J connectivity index is 2.00. The standard InChI is InChI=1S/C19H24BrNO3/c1-3-23-18-10-15(16(20)11-19(18)24-4-2)12-21-13-17(22)14-8-6-5-7-9-14/h5-11,17,21-22H,3-4,12-13H2,1-2H3. The van der Waals surface area contributed by atoms with Crippen LogP contribution in [-0.2, 0) is 6.54 Å². The third-order valence-corrected chi connectivity index (χ3v) is 4.29. The highest BCUT2D eigenvalue weighted by Crippen LogP contribution is 2.34. The Morgan fingerprint density at radius 1 is 1.04 bits per heavy atom. The number of ether oxygens (including phenoxy) is 2. The molecule has 5 heteroatoms. The van der Waals surface area contributed by atoms with Crippen LogP contribution in [0.5, 0.6) is 11.5 Å². The number of rotatable bonds is 9. The van der Waals surface area contributed by atoms with Crippen molar-refractivity contribution in [3.8, 4) is 11.5 Å². The molecule has 0 aromatic heterocycles. The van der Waals surface area contributed by atoms with Gasteiger partial charge in [0.05, 0.1) is 19.3 Å². The maximum atomic E-state index is 10.2. The Kier molecular flexibility index (Phi) is 7.56. The molecule has 2 aromatic rings. The summed E-state index contributed by atoms with van der Waals surface area (Å²) in [7, 11) is 0. The van der Waals surface area contributed by atoms with Crippen molar-refractivity contribution >= 4 is 15.9 Å². The lowest BCUT2D eigenvalue weighted by atomic mass is 10.1. The van der Waals surface area contributed by atoms with Crippen LogP contribution in [0.1, 0.15) is 31.1 Å². The second-order valence-corrected chi connectivity index (χ2v) is 6.17. The summed E-state index contributed by atoms with van der Waals surface area (Å²) in [6, 6.07) is 13.5. The Morgan fingerprint density at radius 3 is 2.29 bits per heavy atom. The molecule has 24 heavy (non-hydrogen) atoms. The summed E-state index contributed by atoms with van der Waals surface area (Å²) in [5, 5.41) is 13.5. The van der Waals surface area contributed by atoms with Gasteiger partial charge < -0.3 is 19.9 Å². The first kappa shape index (κ1) is 18.8. The van der Waals surface area contributed by atoms with E-state index in [0.717, 1.165) is 27.1 Å². The van der Waals surface area contributed by atoms with E-state index in [-0.39, 0.29) is 0 Å². The number of aliphatic hydroxyl groups excluding tert-OH is 1. The molecule has 0 amide bonds. The normalized spacial score (nSPS) is 12.0. The molecule has 4 nitrogen and oxygen atoms in total. The predicted molar refractivity (Wildman–Crippen MR) is 99.6 cm³/mol. The molecular formula is C19H24BrNO3. The first-order valence-corrected chi connectivity index (χ1v) is 8.96. The number of hydrogen-bond acceptors (Lipinski definition) is 4. The van der Waals surface area contributed by atoms with Crippen molar-refractivity contribution in [1.29, 1.82) is 0 Å². The van der Waals surface area contributed by atoms with Gasteiger partial charge in [-0.2, -0.15) is 0 Å². The molecule has 0 aliphatic heterocycles. The first-order chi connectivity index (χ1) is 11.7. The lowest BCUT2D eigenvalue weighted by Crippen LogP contribution is -2.21. The maximum Gasteiger partial charge on any atom is 0.162 e. The van der Waals surface area contributed by atoms with Gasteiger partial charge in [-0.25, -0.2) is 0 Å². The Morgan fingerprint density at radius 2 is 1.67 bits per heavy atom. The van der Waals surface area contributed by atoms with Crippen molar-refractivity contribution in [3.63, 3.8) is 0 Å². The lowest BCUT2D eigenvalue weighted by Gasteiger charge is -2.16. The molecule has 0 spiro atoms. The van der Waals surface area contributed by atoms with Crippen LogP contribution in [0.4, 0.5) is 0 Å². The molecule has 2 rings (SSSR count). The van der Waals surface area contributed by atoms with E-state index in [1.165, 1.54) is 0 Å². The van der Waals surface area contributed by atoms with Crippen molar-refractivity contribution in [2.75, 3.05) is 19.8 Å². The largest absolute Gasteiger partial charge is 0.490 e. The third kappa shape index (κ3) is 5.23. The second kappa shape index (κ2) is 9.67. The van der Waals surface area contributed by atoms with Gasteiger partial charge in [0.2, 0.25) is 0 Å². The molecule has 1 atom stereocenters. The smallest absolute Gasteiger partial charge is 0.162 e. The molecule has 0 bridgehead atoms. The molecule has 2 aromatic carbocycles. The monoisotopic (exact) mass is 393 g/mol. The van der Waals surface area contributed by atoms with Crippen molar-refractivity contribution in [3.05, 3.63) is 58.1 Å². The molecule has 0 aliphatic carbocycles. The van der Waals surface area contributed by atoms with E-state index in [1.54, 1.807) is 0 Å². The van der Waals surface area contributed by atoms with Crippen molar-refractivity contribution in [1.82, 2.24) is 5.32 Å². The van der Waals surface area contributed by atoms with E-state index in [0.29, 0.717) is 26.3 Å². The molecule has 0 aliphatic rings. The van der Waals surface area contributed by atoms with Crippen LogP contribution in [0.15, 0.2) is 46.9 Å². The van der Waals surface area contributed by atoms with Crippen LogP contribution in [0.2, 0.25) is 0 Å². The predicted octanol–water partition coefficient (Wildman–Crippen LogP) is 4.07. The molecule has 0 saturated carbocycles. The average Bonchev–Trinajstić information content (AvgIpc) is 2.59. The van der Waals surface area contributed by atoms with Crippen LogP contribution < -0.4 is 14.8 Å². The molecule has 0 radical (unpaired) electrons. The van der Waals surface area contributed by atoms with Gasteiger partial charge in [0, 0.05) is 17.6 Å². The van der Waals surface area contributed by atoms with Crippen LogP contribution >= 0.6 is 15.9 Å². The maximum absolute atomic E-state index is 10.2. The Labute approximate surface area is 151 Å². The molecule has 0 fully saturated rings. The van der Waals surface area contributed by atoms with Gasteiger partial charge in [-0.15, -0.1) is 0 Å². The molecule has 1 unspecified atom stereocenters. The SMILES string of the molecule is CCOc1cc(Br)c(CNCC(O)c2ccccc2)cc1OCC. The Bertz CT molecular complexity index is 634. The highest BCUT2D eigenvalue weighted by atomic mass is 79.9. The van der Waals surface area contributed by atoms with Crippen LogP contribution in [-0.4, -0.2) is 24.9 Å². The van der Waals surface area contributed by atoms with E-state index in [2.05, 4.69) is 21.2 Å². The highest BCUT2D eigenvalue weighted by Gasteiger charge is 2.12. The summed E-state index contributed by atoms with van der Waals surface area (Å²) in [6.07, 6.45) is -0.529. The van der Waals surface area contributed by atoms with Crippen molar-refractivity contribution in [2.24, 2.45) is 0 Å². The molecule has 2 N–H and O–H groups in total. The summed E-state index contributed by atoms with van der Waals surface area (Å²) in [6.45, 7) is 6.18. The first-order valence-electron chi connectivity index (χ1n) is 8.17. The summed E-state index contributed by atoms with van der Waals surface area (Å²) >= 11 is 3.58. The summed E-state index contributed by atoms with van der Waals surface area (Å²) < 4.78 is 12.2. The van der Waals surface area contributed by atoms with Gasteiger partial charge in [0.1, 0.15) is 0 Å². The average molecular weight is 394 g/mol. The van der Waals surface area contributed by atoms with Gasteiger partial charge in [0.15, 0.2) is 11.5 Å². The molecule has 0 heterocycles. The fourth-order valence-corrected chi connectivity index (χ4v) is 2.85. The van der Waals surface area contributed by atoms with E-state index >= 15 is 0 Å². The second-order valence-electron chi connectivity index (χ2n) is 5.31. The molecule has 0 saturated heterocycles. The topological polar surface area (TPSA) is 50.7 Å². The van der Waals surface area contributed by atoms with E-state index in [4.69, 9.17) is 9.47 Å². The molecule has 130 valence electrons. The zero-order chi connectivity index (χ0) is 17.4. The fraction of sp³-hybridized carbons (Fsp3) is 0.368. The minimum absolute atomic E-state index is 0.480. The quantitative estimate of drug-likeness (QED) is 0.673. The van der Waals surface area contributed by atoms with E-state index in [9.17, 15) is 5.11 Å². The van der Waals surface area contributed by atoms with Gasteiger partial charge in [-0.1, -0.05) is 46.3 Å².